The van der Waals surface area contributed by atoms with E-state index in [-0.39, 0.29) is 6.42 Å². The number of likely N-dealkylation sites (N-methyl/N-ethyl adjacent to an activating group) is 2. The van der Waals surface area contributed by atoms with E-state index in [1.807, 2.05) is 0 Å². The van der Waals surface area contributed by atoms with Crippen LogP contribution in [0.25, 0.3) is 0 Å². The van der Waals surface area contributed by atoms with Gasteiger partial charge in [0.05, 0.1) is 6.42 Å². The number of carboxylic acids is 1. The largest absolute Gasteiger partial charge is 0.481 e. The highest BCUT2D eigenvalue weighted by molar-refractivity contribution is 5.66. The van der Waals surface area contributed by atoms with E-state index in [0.29, 0.717) is 6.54 Å². The zero-order chi connectivity index (χ0) is 12.7. The summed E-state index contributed by atoms with van der Waals surface area (Å²) < 4.78 is 0. The lowest BCUT2D eigenvalue weighted by molar-refractivity contribution is -0.137. The van der Waals surface area contributed by atoms with E-state index in [1.165, 1.54) is 0 Å². The van der Waals surface area contributed by atoms with Crippen LogP contribution in [0.3, 0.4) is 0 Å². The number of hydrogen-bond acceptors (Lipinski definition) is 4. The third kappa shape index (κ3) is 6.00. The summed E-state index contributed by atoms with van der Waals surface area (Å²) in [6, 6.07) is 0. The fourth-order valence-electron chi connectivity index (χ4n) is 2.04. The fraction of sp³-hybridized carbons (Fsp3) is 0.917. The Labute approximate surface area is 104 Å². The minimum Gasteiger partial charge on any atom is -0.481 e. The van der Waals surface area contributed by atoms with Gasteiger partial charge >= 0.3 is 5.97 Å². The predicted molar refractivity (Wildman–Crippen MR) is 68.3 cm³/mol. The molecule has 100 valence electrons. The van der Waals surface area contributed by atoms with Crippen molar-refractivity contribution >= 4 is 5.97 Å². The van der Waals surface area contributed by atoms with Crippen molar-refractivity contribution in [1.82, 2.24) is 14.7 Å². The molecule has 5 heteroatoms. The van der Waals surface area contributed by atoms with Crippen molar-refractivity contribution in [3.63, 3.8) is 0 Å². The van der Waals surface area contributed by atoms with E-state index in [9.17, 15) is 4.79 Å². The molecule has 1 heterocycles. The van der Waals surface area contributed by atoms with Crippen LogP contribution >= 0.6 is 0 Å². The Kier molecular flexibility index (Phi) is 6.47. The standard InChI is InChI=1S/C12H25N3O2/c1-3-14(5-4-12(16)17)10-11-15-8-6-13(2)7-9-15/h3-11H2,1-2H3,(H,16,17). The molecular weight excluding hydrogens is 218 g/mol. The third-order valence-electron chi connectivity index (χ3n) is 3.42. The molecule has 0 spiro atoms. The first-order valence-corrected chi connectivity index (χ1v) is 6.47. The number of nitrogens with zero attached hydrogens (tertiary/aromatic N) is 3. The van der Waals surface area contributed by atoms with Crippen molar-refractivity contribution in [3.8, 4) is 0 Å². The molecule has 0 atom stereocenters. The van der Waals surface area contributed by atoms with E-state index >= 15 is 0 Å². The Morgan fingerprint density at radius 1 is 1.24 bits per heavy atom. The van der Waals surface area contributed by atoms with Gasteiger partial charge < -0.3 is 14.9 Å². The van der Waals surface area contributed by atoms with Gasteiger partial charge in [-0.15, -0.1) is 0 Å². The molecular formula is C12H25N3O2. The van der Waals surface area contributed by atoms with Gasteiger partial charge in [-0.25, -0.2) is 0 Å². The van der Waals surface area contributed by atoms with Crippen molar-refractivity contribution in [2.45, 2.75) is 13.3 Å². The number of rotatable bonds is 7. The van der Waals surface area contributed by atoms with Gasteiger partial charge in [-0.1, -0.05) is 6.92 Å². The topological polar surface area (TPSA) is 47.0 Å². The molecule has 0 aliphatic carbocycles. The van der Waals surface area contributed by atoms with Crippen LogP contribution in [0.4, 0.5) is 0 Å². The van der Waals surface area contributed by atoms with Gasteiger partial charge in [0.1, 0.15) is 0 Å². The van der Waals surface area contributed by atoms with E-state index in [4.69, 9.17) is 5.11 Å². The summed E-state index contributed by atoms with van der Waals surface area (Å²) in [4.78, 5) is 17.5. The van der Waals surface area contributed by atoms with Crippen molar-refractivity contribution in [2.75, 3.05) is 59.4 Å². The number of carbonyl (C=O) groups is 1. The Morgan fingerprint density at radius 3 is 2.41 bits per heavy atom. The number of aliphatic carboxylic acids is 1. The molecule has 1 saturated heterocycles. The summed E-state index contributed by atoms with van der Waals surface area (Å²) >= 11 is 0. The fourth-order valence-corrected chi connectivity index (χ4v) is 2.04. The van der Waals surface area contributed by atoms with Gasteiger partial charge in [-0.2, -0.15) is 0 Å². The number of hydrogen-bond donors (Lipinski definition) is 1. The van der Waals surface area contributed by atoms with Gasteiger partial charge in [0.15, 0.2) is 0 Å². The van der Waals surface area contributed by atoms with E-state index in [2.05, 4.69) is 28.7 Å². The molecule has 0 saturated carbocycles. The van der Waals surface area contributed by atoms with Crippen LogP contribution in [0, 0.1) is 0 Å². The summed E-state index contributed by atoms with van der Waals surface area (Å²) in [6.45, 7) is 10.3. The maximum Gasteiger partial charge on any atom is 0.304 e. The van der Waals surface area contributed by atoms with Crippen LogP contribution < -0.4 is 0 Å². The lowest BCUT2D eigenvalue weighted by Gasteiger charge is -2.33. The first-order valence-electron chi connectivity index (χ1n) is 6.47. The maximum atomic E-state index is 10.5. The molecule has 1 aliphatic rings. The molecule has 0 unspecified atom stereocenters. The smallest absolute Gasteiger partial charge is 0.304 e. The minimum atomic E-state index is -0.706. The van der Waals surface area contributed by atoms with Gasteiger partial charge in [-0.3, -0.25) is 9.69 Å². The Balaban J connectivity index is 2.16. The van der Waals surface area contributed by atoms with Crippen LogP contribution in [0.2, 0.25) is 0 Å². The summed E-state index contributed by atoms with van der Waals surface area (Å²) in [7, 11) is 2.16. The molecule has 0 bridgehead atoms. The maximum absolute atomic E-state index is 10.5. The predicted octanol–water partition coefficient (Wildman–Crippen LogP) is 0.0304. The molecule has 0 amide bonds. The molecule has 0 aromatic rings. The van der Waals surface area contributed by atoms with Crippen molar-refractivity contribution in [2.24, 2.45) is 0 Å². The SMILES string of the molecule is CCN(CCC(=O)O)CCN1CCN(C)CC1. The number of piperazine rings is 1. The normalized spacial score (nSPS) is 18.8. The first kappa shape index (κ1) is 14.4. The second kappa shape index (κ2) is 7.63. The Morgan fingerprint density at radius 2 is 1.88 bits per heavy atom. The molecule has 1 N–H and O–H groups in total. The van der Waals surface area contributed by atoms with Crippen LogP contribution in [0.1, 0.15) is 13.3 Å². The van der Waals surface area contributed by atoms with E-state index < -0.39 is 5.97 Å². The lowest BCUT2D eigenvalue weighted by atomic mass is 10.3. The van der Waals surface area contributed by atoms with Crippen molar-refractivity contribution in [1.29, 1.82) is 0 Å². The lowest BCUT2D eigenvalue weighted by Crippen LogP contribution is -2.47. The zero-order valence-corrected chi connectivity index (χ0v) is 11.1. The van der Waals surface area contributed by atoms with E-state index in [1.54, 1.807) is 0 Å². The van der Waals surface area contributed by atoms with Crippen LogP contribution in [0.15, 0.2) is 0 Å². The zero-order valence-electron chi connectivity index (χ0n) is 11.1. The van der Waals surface area contributed by atoms with Gasteiger partial charge in [0.25, 0.3) is 0 Å². The second-order valence-corrected chi connectivity index (χ2v) is 4.72. The molecule has 0 aromatic heterocycles. The average Bonchev–Trinajstić information content (AvgIpc) is 2.31. The summed E-state index contributed by atoms with van der Waals surface area (Å²) in [5.74, 6) is -0.706. The Bertz CT molecular complexity index is 228. The van der Waals surface area contributed by atoms with Crippen LogP contribution in [-0.2, 0) is 4.79 Å². The molecule has 0 aromatic carbocycles. The molecule has 1 rings (SSSR count). The van der Waals surface area contributed by atoms with Gasteiger partial charge in [0.2, 0.25) is 0 Å². The monoisotopic (exact) mass is 243 g/mol. The van der Waals surface area contributed by atoms with Crippen molar-refractivity contribution in [3.05, 3.63) is 0 Å². The molecule has 5 nitrogen and oxygen atoms in total. The summed E-state index contributed by atoms with van der Waals surface area (Å²) in [5, 5.41) is 8.66. The van der Waals surface area contributed by atoms with Gasteiger partial charge in [0, 0.05) is 45.8 Å². The quantitative estimate of drug-likeness (QED) is 0.683. The number of carboxylic acid groups (broad SMARTS) is 1. The minimum absolute atomic E-state index is 0.247. The van der Waals surface area contributed by atoms with E-state index in [0.717, 1.165) is 45.8 Å². The molecule has 0 radical (unpaired) electrons. The van der Waals surface area contributed by atoms with Gasteiger partial charge in [-0.05, 0) is 13.6 Å². The van der Waals surface area contributed by atoms with Crippen molar-refractivity contribution < 1.29 is 9.90 Å². The third-order valence-corrected chi connectivity index (χ3v) is 3.42. The highest BCUT2D eigenvalue weighted by Gasteiger charge is 2.14. The second-order valence-electron chi connectivity index (χ2n) is 4.72. The highest BCUT2D eigenvalue weighted by Crippen LogP contribution is 2.00. The molecule has 1 aliphatic heterocycles. The first-order chi connectivity index (χ1) is 8.11. The molecule has 1 fully saturated rings. The Hall–Kier alpha value is -0.650. The van der Waals surface area contributed by atoms with Crippen LogP contribution in [-0.4, -0.2) is 85.2 Å². The molecule has 17 heavy (non-hydrogen) atoms. The highest BCUT2D eigenvalue weighted by atomic mass is 16.4. The summed E-state index contributed by atoms with van der Waals surface area (Å²) in [5.41, 5.74) is 0. The summed E-state index contributed by atoms with van der Waals surface area (Å²) in [6.07, 6.45) is 0.247. The average molecular weight is 243 g/mol. The van der Waals surface area contributed by atoms with Crippen LogP contribution in [0.5, 0.6) is 0 Å².